The summed E-state index contributed by atoms with van der Waals surface area (Å²) >= 11 is 0. The van der Waals surface area contributed by atoms with Gasteiger partial charge in [-0.1, -0.05) is 17.3 Å². The van der Waals surface area contributed by atoms with Gasteiger partial charge in [-0.05, 0) is 12.1 Å². The fourth-order valence-corrected chi connectivity index (χ4v) is 2.37. The number of alkyl halides is 3. The van der Waals surface area contributed by atoms with Gasteiger partial charge in [0, 0.05) is 13.1 Å². The second-order valence-corrected chi connectivity index (χ2v) is 5.14. The number of piperazine rings is 1. The maximum absolute atomic E-state index is 13.1. The van der Waals surface area contributed by atoms with Crippen molar-refractivity contribution in [2.45, 2.75) is 6.18 Å². The Kier molecular flexibility index (Phi) is 3.96. The number of para-hydroxylation sites is 1. The molecule has 2 amide bonds. The lowest BCUT2D eigenvalue weighted by molar-refractivity contribution is -0.137. The molecule has 1 aromatic heterocycles. The normalized spacial score (nSPS) is 15.3. The zero-order valence-electron chi connectivity index (χ0n) is 12.2. The van der Waals surface area contributed by atoms with Crippen molar-refractivity contribution in [2.24, 2.45) is 0 Å². The van der Waals surface area contributed by atoms with Gasteiger partial charge in [-0.3, -0.25) is 9.59 Å². The van der Waals surface area contributed by atoms with Crippen LogP contribution in [0.4, 0.5) is 13.2 Å². The number of halogens is 3. The highest BCUT2D eigenvalue weighted by Gasteiger charge is 2.34. The second kappa shape index (κ2) is 5.95. The largest absolute Gasteiger partial charge is 0.418 e. The van der Waals surface area contributed by atoms with Gasteiger partial charge in [0.1, 0.15) is 0 Å². The second-order valence-electron chi connectivity index (χ2n) is 5.14. The number of benzene rings is 1. The van der Waals surface area contributed by atoms with E-state index in [9.17, 15) is 22.8 Å². The Morgan fingerprint density at radius 1 is 1.25 bits per heavy atom. The van der Waals surface area contributed by atoms with E-state index in [-0.39, 0.29) is 23.8 Å². The molecule has 126 valence electrons. The van der Waals surface area contributed by atoms with Crippen LogP contribution in [-0.2, 0) is 11.0 Å². The maximum atomic E-state index is 13.1. The molecule has 1 N–H and O–H groups in total. The molecule has 0 unspecified atom stereocenters. The number of amides is 2. The van der Waals surface area contributed by atoms with Crippen LogP contribution in [0.5, 0.6) is 0 Å². The van der Waals surface area contributed by atoms with Gasteiger partial charge in [0.25, 0.3) is 5.91 Å². The van der Waals surface area contributed by atoms with Crippen molar-refractivity contribution in [2.75, 3.05) is 19.6 Å². The van der Waals surface area contributed by atoms with Crippen molar-refractivity contribution in [3.05, 3.63) is 41.7 Å². The van der Waals surface area contributed by atoms with Crippen LogP contribution in [0.1, 0.15) is 16.1 Å². The minimum absolute atomic E-state index is 0.120. The van der Waals surface area contributed by atoms with E-state index in [0.717, 1.165) is 16.9 Å². The smallest absolute Gasteiger partial charge is 0.353 e. The first-order valence-corrected chi connectivity index (χ1v) is 7.01. The lowest BCUT2D eigenvalue weighted by Crippen LogP contribution is -2.50. The number of nitrogens with one attached hydrogen (secondary N) is 1. The number of rotatable bonds is 2. The Morgan fingerprint density at radius 3 is 2.71 bits per heavy atom. The summed E-state index contributed by atoms with van der Waals surface area (Å²) in [5.74, 6) is -0.856. The number of nitrogens with zero attached hydrogens (tertiary/aromatic N) is 4. The zero-order chi connectivity index (χ0) is 17.3. The SMILES string of the molecule is O=C1CN(C(=O)c2cn(-c3ccccc3C(F)(F)F)nn2)CCN1. The van der Waals surface area contributed by atoms with E-state index in [0.29, 0.717) is 13.1 Å². The molecular weight excluding hydrogens is 327 g/mol. The quantitative estimate of drug-likeness (QED) is 0.880. The van der Waals surface area contributed by atoms with Crippen molar-refractivity contribution in [3.63, 3.8) is 0 Å². The molecule has 1 aliphatic rings. The Labute approximate surface area is 134 Å². The lowest BCUT2D eigenvalue weighted by atomic mass is 10.1. The van der Waals surface area contributed by atoms with Crippen LogP contribution >= 0.6 is 0 Å². The van der Waals surface area contributed by atoms with Crippen molar-refractivity contribution in [3.8, 4) is 5.69 Å². The van der Waals surface area contributed by atoms with Crippen LogP contribution < -0.4 is 5.32 Å². The van der Waals surface area contributed by atoms with Crippen molar-refractivity contribution >= 4 is 11.8 Å². The minimum Gasteiger partial charge on any atom is -0.353 e. The van der Waals surface area contributed by atoms with E-state index < -0.39 is 17.6 Å². The molecular formula is C14H12F3N5O2. The van der Waals surface area contributed by atoms with Gasteiger partial charge in [0.2, 0.25) is 5.91 Å². The zero-order valence-corrected chi connectivity index (χ0v) is 12.2. The fourth-order valence-electron chi connectivity index (χ4n) is 2.37. The van der Waals surface area contributed by atoms with Crippen LogP contribution in [0.2, 0.25) is 0 Å². The van der Waals surface area contributed by atoms with Gasteiger partial charge in [0.15, 0.2) is 5.69 Å². The Balaban J connectivity index is 1.89. The topological polar surface area (TPSA) is 80.1 Å². The third-order valence-electron chi connectivity index (χ3n) is 3.49. The Bertz CT molecular complexity index is 787. The molecule has 0 saturated carbocycles. The predicted octanol–water partition coefficient (Wildman–Crippen LogP) is 0.858. The molecule has 0 spiro atoms. The van der Waals surface area contributed by atoms with Gasteiger partial charge in [-0.2, -0.15) is 13.2 Å². The van der Waals surface area contributed by atoms with Crippen LogP contribution in [0.3, 0.4) is 0 Å². The molecule has 0 aliphatic carbocycles. The van der Waals surface area contributed by atoms with Crippen LogP contribution in [-0.4, -0.2) is 51.3 Å². The number of hydrogen-bond acceptors (Lipinski definition) is 4. The average molecular weight is 339 g/mol. The monoisotopic (exact) mass is 339 g/mol. The van der Waals surface area contributed by atoms with Crippen molar-refractivity contribution < 1.29 is 22.8 Å². The predicted molar refractivity (Wildman–Crippen MR) is 75.3 cm³/mol. The molecule has 1 saturated heterocycles. The maximum Gasteiger partial charge on any atom is 0.418 e. The first kappa shape index (κ1) is 16.0. The molecule has 1 aromatic carbocycles. The van der Waals surface area contributed by atoms with Gasteiger partial charge >= 0.3 is 6.18 Å². The average Bonchev–Trinajstić information content (AvgIpc) is 3.03. The highest BCUT2D eigenvalue weighted by molar-refractivity contribution is 5.95. The third kappa shape index (κ3) is 3.07. The van der Waals surface area contributed by atoms with Crippen molar-refractivity contribution in [1.82, 2.24) is 25.2 Å². The van der Waals surface area contributed by atoms with E-state index in [1.807, 2.05) is 0 Å². The Morgan fingerprint density at radius 2 is 2.00 bits per heavy atom. The number of carbonyl (C=O) groups is 2. The molecule has 1 fully saturated rings. The van der Waals surface area contributed by atoms with Gasteiger partial charge in [-0.15, -0.1) is 5.10 Å². The van der Waals surface area contributed by atoms with Crippen LogP contribution in [0, 0.1) is 0 Å². The molecule has 2 aromatic rings. The summed E-state index contributed by atoms with van der Waals surface area (Å²) in [4.78, 5) is 24.9. The summed E-state index contributed by atoms with van der Waals surface area (Å²) in [5, 5.41) is 9.83. The molecule has 0 bridgehead atoms. The van der Waals surface area contributed by atoms with Crippen molar-refractivity contribution in [1.29, 1.82) is 0 Å². The van der Waals surface area contributed by atoms with E-state index in [1.54, 1.807) is 0 Å². The third-order valence-corrected chi connectivity index (χ3v) is 3.49. The Hall–Kier alpha value is -2.91. The number of aromatic nitrogens is 3. The molecule has 3 rings (SSSR count). The van der Waals surface area contributed by atoms with E-state index in [2.05, 4.69) is 15.6 Å². The highest BCUT2D eigenvalue weighted by Crippen LogP contribution is 2.33. The van der Waals surface area contributed by atoms with E-state index in [4.69, 9.17) is 0 Å². The summed E-state index contributed by atoms with van der Waals surface area (Å²) in [7, 11) is 0. The summed E-state index contributed by atoms with van der Waals surface area (Å²) < 4.78 is 40.1. The summed E-state index contributed by atoms with van der Waals surface area (Å²) in [6.45, 7) is 0.497. The first-order chi connectivity index (χ1) is 11.4. The minimum atomic E-state index is -4.56. The van der Waals surface area contributed by atoms with Crippen LogP contribution in [0.25, 0.3) is 5.69 Å². The molecule has 10 heteroatoms. The van der Waals surface area contributed by atoms with Gasteiger partial charge < -0.3 is 10.2 Å². The summed E-state index contributed by atoms with van der Waals surface area (Å²) in [6.07, 6.45) is -3.43. The molecule has 2 heterocycles. The van der Waals surface area contributed by atoms with Gasteiger partial charge in [-0.25, -0.2) is 4.68 Å². The van der Waals surface area contributed by atoms with E-state index in [1.165, 1.54) is 23.1 Å². The lowest BCUT2D eigenvalue weighted by Gasteiger charge is -2.25. The number of hydrogen-bond donors (Lipinski definition) is 1. The molecule has 1 aliphatic heterocycles. The summed E-state index contributed by atoms with van der Waals surface area (Å²) in [5.41, 5.74) is -1.24. The molecule has 7 nitrogen and oxygen atoms in total. The molecule has 24 heavy (non-hydrogen) atoms. The fraction of sp³-hybridized carbons (Fsp3) is 0.286. The summed E-state index contributed by atoms with van der Waals surface area (Å²) in [6, 6.07) is 4.86. The van der Waals surface area contributed by atoms with Gasteiger partial charge in [0.05, 0.1) is 24.0 Å². The molecule has 0 atom stereocenters. The highest BCUT2D eigenvalue weighted by atomic mass is 19.4. The van der Waals surface area contributed by atoms with E-state index >= 15 is 0 Å². The first-order valence-electron chi connectivity index (χ1n) is 7.01. The molecule has 0 radical (unpaired) electrons. The standard InChI is InChI=1S/C14H12F3N5O2/c15-14(16,17)9-3-1-2-4-11(9)22-7-10(19-20-22)13(24)21-6-5-18-12(23)8-21/h1-4,7H,5-6,8H2,(H,18,23). The van der Waals surface area contributed by atoms with Crippen LogP contribution in [0.15, 0.2) is 30.5 Å². The number of carbonyl (C=O) groups excluding carboxylic acids is 2.